The van der Waals surface area contributed by atoms with Crippen molar-refractivity contribution < 1.29 is 9.21 Å². The highest BCUT2D eigenvalue weighted by molar-refractivity contribution is 8.00. The smallest absolute Gasteiger partial charge is 0.257 e. The summed E-state index contributed by atoms with van der Waals surface area (Å²) in [6, 6.07) is 5.41. The van der Waals surface area contributed by atoms with Crippen LogP contribution >= 0.6 is 11.8 Å². The van der Waals surface area contributed by atoms with Gasteiger partial charge < -0.3 is 15.5 Å². The van der Waals surface area contributed by atoms with E-state index in [1.807, 2.05) is 20.8 Å². The van der Waals surface area contributed by atoms with Gasteiger partial charge in [-0.1, -0.05) is 11.8 Å². The van der Waals surface area contributed by atoms with E-state index >= 15 is 0 Å². The molecule has 1 unspecified atom stereocenters. The fourth-order valence-corrected chi connectivity index (χ4v) is 2.35. The summed E-state index contributed by atoms with van der Waals surface area (Å²) in [5.41, 5.74) is 7.71. The van der Waals surface area contributed by atoms with Crippen LogP contribution in [0.3, 0.4) is 0 Å². The summed E-state index contributed by atoms with van der Waals surface area (Å²) < 4.78 is 5.57. The number of carbonyl (C=O) groups is 1. The predicted octanol–water partition coefficient (Wildman–Crippen LogP) is 2.42. The molecule has 0 saturated heterocycles. The second kappa shape index (κ2) is 5.52. The second-order valence-corrected chi connectivity index (χ2v) is 5.92. The number of nitrogens with two attached hydrogens (primary N) is 1. The molecule has 1 atom stereocenters. The number of hydrogen-bond acceptors (Lipinski definition) is 5. The van der Waals surface area contributed by atoms with Gasteiger partial charge in [0.1, 0.15) is 5.52 Å². The monoisotopic (exact) mass is 279 g/mol. The van der Waals surface area contributed by atoms with Crippen molar-refractivity contribution in [1.29, 1.82) is 0 Å². The molecule has 0 fully saturated rings. The van der Waals surface area contributed by atoms with Crippen molar-refractivity contribution in [3.63, 3.8) is 0 Å². The van der Waals surface area contributed by atoms with E-state index in [2.05, 4.69) is 10.3 Å². The number of anilines is 1. The van der Waals surface area contributed by atoms with Gasteiger partial charge in [-0.05, 0) is 39.0 Å². The average Bonchev–Trinajstić information content (AvgIpc) is 2.69. The largest absolute Gasteiger partial charge is 0.431 e. The van der Waals surface area contributed by atoms with Crippen LogP contribution in [0.4, 0.5) is 5.69 Å². The van der Waals surface area contributed by atoms with E-state index in [1.54, 1.807) is 18.2 Å². The molecule has 2 aromatic rings. The molecule has 0 aliphatic heterocycles. The summed E-state index contributed by atoms with van der Waals surface area (Å²) in [6.07, 6.45) is 0. The van der Waals surface area contributed by atoms with Crippen molar-refractivity contribution in [3.05, 3.63) is 18.2 Å². The highest BCUT2D eigenvalue weighted by Gasteiger charge is 2.18. The number of benzene rings is 1. The van der Waals surface area contributed by atoms with Crippen LogP contribution in [-0.4, -0.2) is 22.2 Å². The number of aromatic nitrogens is 1. The molecule has 0 aliphatic rings. The van der Waals surface area contributed by atoms with Crippen molar-refractivity contribution in [2.75, 3.05) is 5.73 Å². The first-order valence-corrected chi connectivity index (χ1v) is 6.97. The minimum Gasteiger partial charge on any atom is -0.431 e. The van der Waals surface area contributed by atoms with Crippen LogP contribution in [0.1, 0.15) is 20.8 Å². The van der Waals surface area contributed by atoms with Gasteiger partial charge in [-0.15, -0.1) is 0 Å². The molecule has 5 nitrogen and oxygen atoms in total. The van der Waals surface area contributed by atoms with Crippen LogP contribution in [0.5, 0.6) is 0 Å². The molecule has 102 valence electrons. The van der Waals surface area contributed by atoms with Gasteiger partial charge in [-0.3, -0.25) is 4.79 Å². The fraction of sp³-hybridized carbons (Fsp3) is 0.385. The number of thioether (sulfide) groups is 1. The zero-order valence-corrected chi connectivity index (χ0v) is 12.0. The molecule has 0 spiro atoms. The maximum Gasteiger partial charge on any atom is 0.257 e. The van der Waals surface area contributed by atoms with Crippen LogP contribution in [0.15, 0.2) is 27.8 Å². The van der Waals surface area contributed by atoms with E-state index < -0.39 is 0 Å². The summed E-state index contributed by atoms with van der Waals surface area (Å²) >= 11 is 1.29. The van der Waals surface area contributed by atoms with E-state index in [4.69, 9.17) is 10.2 Å². The summed E-state index contributed by atoms with van der Waals surface area (Å²) in [4.78, 5) is 16.1. The lowest BCUT2D eigenvalue weighted by Crippen LogP contribution is -2.35. The Bertz CT molecular complexity index is 595. The lowest BCUT2D eigenvalue weighted by molar-refractivity contribution is -0.120. The lowest BCUT2D eigenvalue weighted by atomic mass is 10.3. The highest BCUT2D eigenvalue weighted by atomic mass is 32.2. The molecule has 6 heteroatoms. The summed E-state index contributed by atoms with van der Waals surface area (Å²) in [5, 5.41) is 3.08. The fourth-order valence-electron chi connectivity index (χ4n) is 1.58. The van der Waals surface area contributed by atoms with Gasteiger partial charge in [0.25, 0.3) is 5.22 Å². The lowest BCUT2D eigenvalue weighted by Gasteiger charge is -2.12. The number of hydrogen-bond donors (Lipinski definition) is 2. The van der Waals surface area contributed by atoms with Crippen LogP contribution in [0.25, 0.3) is 11.1 Å². The minimum atomic E-state index is -0.257. The van der Waals surface area contributed by atoms with Crippen LogP contribution in [0, 0.1) is 0 Å². The molecule has 3 N–H and O–H groups in total. The van der Waals surface area contributed by atoms with E-state index in [9.17, 15) is 4.79 Å². The number of nitrogens with zero attached hydrogens (tertiary/aromatic N) is 1. The molecule has 2 rings (SSSR count). The molecular weight excluding hydrogens is 262 g/mol. The van der Waals surface area contributed by atoms with Gasteiger partial charge in [0.05, 0.1) is 5.25 Å². The molecule has 1 aromatic heterocycles. The molecule has 19 heavy (non-hydrogen) atoms. The van der Waals surface area contributed by atoms with Crippen molar-refractivity contribution in [3.8, 4) is 0 Å². The van der Waals surface area contributed by atoms with Gasteiger partial charge >= 0.3 is 0 Å². The predicted molar refractivity (Wildman–Crippen MR) is 77.0 cm³/mol. The Morgan fingerprint density at radius 1 is 1.42 bits per heavy atom. The van der Waals surface area contributed by atoms with Gasteiger partial charge in [-0.25, -0.2) is 4.98 Å². The number of amides is 1. The van der Waals surface area contributed by atoms with Crippen molar-refractivity contribution >= 4 is 34.5 Å². The first kappa shape index (κ1) is 13.7. The summed E-state index contributed by atoms with van der Waals surface area (Å²) in [7, 11) is 0. The molecule has 0 radical (unpaired) electrons. The number of oxazole rings is 1. The normalized spacial score (nSPS) is 12.8. The Kier molecular flexibility index (Phi) is 3.99. The van der Waals surface area contributed by atoms with E-state index in [1.165, 1.54) is 11.8 Å². The van der Waals surface area contributed by atoms with E-state index in [0.29, 0.717) is 22.0 Å². The number of carbonyl (C=O) groups excluding carboxylic acids is 1. The number of nitrogen functional groups attached to an aromatic ring is 1. The maximum atomic E-state index is 11.8. The van der Waals surface area contributed by atoms with E-state index in [0.717, 1.165) is 0 Å². The van der Waals surface area contributed by atoms with Crippen molar-refractivity contribution in [2.24, 2.45) is 0 Å². The number of rotatable bonds is 4. The first-order chi connectivity index (χ1) is 8.95. The Balaban J connectivity index is 2.10. The van der Waals surface area contributed by atoms with Crippen LogP contribution in [0.2, 0.25) is 0 Å². The van der Waals surface area contributed by atoms with Crippen LogP contribution in [-0.2, 0) is 4.79 Å². The zero-order chi connectivity index (χ0) is 14.0. The summed E-state index contributed by atoms with van der Waals surface area (Å²) in [5.74, 6) is -0.0261. The van der Waals surface area contributed by atoms with Gasteiger partial charge in [-0.2, -0.15) is 0 Å². The van der Waals surface area contributed by atoms with Gasteiger partial charge in [0.2, 0.25) is 5.91 Å². The topological polar surface area (TPSA) is 81.2 Å². The zero-order valence-electron chi connectivity index (χ0n) is 11.1. The minimum absolute atomic E-state index is 0.0261. The molecule has 1 amide bonds. The van der Waals surface area contributed by atoms with Crippen molar-refractivity contribution in [2.45, 2.75) is 37.3 Å². The Labute approximate surface area is 115 Å². The standard InChI is InChI=1S/C13H17N3O2S/c1-7(2)15-12(17)8(3)19-13-16-10-6-9(14)4-5-11(10)18-13/h4-8H,14H2,1-3H3,(H,15,17). The third kappa shape index (κ3) is 3.41. The SMILES string of the molecule is CC(C)NC(=O)C(C)Sc1nc2cc(N)ccc2o1. The van der Waals surface area contributed by atoms with E-state index in [-0.39, 0.29) is 17.2 Å². The molecule has 0 aliphatic carbocycles. The van der Waals surface area contributed by atoms with Gasteiger partial charge in [0.15, 0.2) is 5.58 Å². The molecule has 1 heterocycles. The average molecular weight is 279 g/mol. The first-order valence-electron chi connectivity index (χ1n) is 6.09. The Morgan fingerprint density at radius 2 is 2.16 bits per heavy atom. The maximum absolute atomic E-state index is 11.8. The Hall–Kier alpha value is -1.69. The summed E-state index contributed by atoms with van der Waals surface area (Å²) in [6.45, 7) is 5.68. The van der Waals surface area contributed by atoms with Crippen molar-refractivity contribution in [1.82, 2.24) is 10.3 Å². The molecule has 0 bridgehead atoms. The third-order valence-corrected chi connectivity index (χ3v) is 3.41. The quantitative estimate of drug-likeness (QED) is 0.663. The molecular formula is C13H17N3O2S. The number of nitrogens with one attached hydrogen (secondary N) is 1. The highest BCUT2D eigenvalue weighted by Crippen LogP contribution is 2.27. The van der Waals surface area contributed by atoms with Gasteiger partial charge in [0, 0.05) is 11.7 Å². The molecule has 1 aromatic carbocycles. The van der Waals surface area contributed by atoms with Crippen LogP contribution < -0.4 is 11.1 Å². The Morgan fingerprint density at radius 3 is 2.84 bits per heavy atom. The second-order valence-electron chi connectivity index (χ2n) is 4.63. The third-order valence-electron chi connectivity index (χ3n) is 2.47. The molecule has 0 saturated carbocycles. The number of fused-ring (bicyclic) bond motifs is 1.